The van der Waals surface area contributed by atoms with Crippen molar-refractivity contribution in [2.75, 3.05) is 11.9 Å². The minimum Gasteiger partial charge on any atom is -0.463 e. The zero-order chi connectivity index (χ0) is 14.2. The quantitative estimate of drug-likeness (QED) is 0.795. The van der Waals surface area contributed by atoms with Gasteiger partial charge in [0.15, 0.2) is 5.76 Å². The first-order valence-electron chi connectivity index (χ1n) is 7.36. The molecule has 0 amide bonds. The van der Waals surface area contributed by atoms with Crippen LogP contribution in [0, 0.1) is 0 Å². The second-order valence-corrected chi connectivity index (χ2v) is 5.26. The molecule has 0 aliphatic carbocycles. The molecule has 0 unspecified atom stereocenters. The van der Waals surface area contributed by atoms with E-state index in [1.165, 1.54) is 11.1 Å². The van der Waals surface area contributed by atoms with E-state index in [4.69, 9.17) is 9.52 Å². The van der Waals surface area contributed by atoms with Crippen LogP contribution in [0.5, 0.6) is 0 Å². The molecule has 4 rings (SSSR count). The van der Waals surface area contributed by atoms with Gasteiger partial charge in [-0.3, -0.25) is 0 Å². The number of hydrogen-bond acceptors (Lipinski definition) is 3. The maximum atomic E-state index is 5.53. The minimum atomic E-state index is 0.832. The summed E-state index contributed by atoms with van der Waals surface area (Å²) < 4.78 is 7.51. The van der Waals surface area contributed by atoms with Gasteiger partial charge in [-0.1, -0.05) is 19.1 Å². The number of furan rings is 1. The van der Waals surface area contributed by atoms with E-state index in [0.29, 0.717) is 0 Å². The number of benzene rings is 1. The minimum absolute atomic E-state index is 0.832. The summed E-state index contributed by atoms with van der Waals surface area (Å²) in [5, 5.41) is 8.20. The van der Waals surface area contributed by atoms with Gasteiger partial charge in [0.2, 0.25) is 0 Å². The highest BCUT2D eigenvalue weighted by molar-refractivity contribution is 5.69. The van der Waals surface area contributed by atoms with E-state index in [2.05, 4.69) is 36.5 Å². The molecule has 0 radical (unpaired) electrons. The van der Waals surface area contributed by atoms with E-state index in [-0.39, 0.29) is 0 Å². The van der Waals surface area contributed by atoms with Gasteiger partial charge in [0.25, 0.3) is 0 Å². The number of aromatic nitrogens is 2. The number of anilines is 1. The predicted octanol–water partition coefficient (Wildman–Crippen LogP) is 3.66. The molecule has 0 saturated carbocycles. The van der Waals surface area contributed by atoms with Crippen LogP contribution in [-0.2, 0) is 12.8 Å². The van der Waals surface area contributed by atoms with Crippen molar-refractivity contribution < 1.29 is 4.42 Å². The molecule has 21 heavy (non-hydrogen) atoms. The molecular formula is C17H17N3O. The van der Waals surface area contributed by atoms with Gasteiger partial charge >= 0.3 is 0 Å². The summed E-state index contributed by atoms with van der Waals surface area (Å²) in [6.45, 7) is 3.12. The van der Waals surface area contributed by atoms with E-state index >= 15 is 0 Å². The molecule has 1 aliphatic heterocycles. The van der Waals surface area contributed by atoms with Gasteiger partial charge in [-0.05, 0) is 42.7 Å². The van der Waals surface area contributed by atoms with Crippen LogP contribution in [0.25, 0.3) is 17.1 Å². The zero-order valence-electron chi connectivity index (χ0n) is 12.0. The molecular weight excluding hydrogens is 262 g/mol. The van der Waals surface area contributed by atoms with E-state index in [0.717, 1.165) is 42.3 Å². The molecule has 0 atom stereocenters. The van der Waals surface area contributed by atoms with Gasteiger partial charge in [0, 0.05) is 12.1 Å². The lowest BCUT2D eigenvalue weighted by Crippen LogP contribution is -2.04. The van der Waals surface area contributed by atoms with Crippen molar-refractivity contribution in [3.63, 3.8) is 0 Å². The molecule has 106 valence electrons. The third-order valence-electron chi connectivity index (χ3n) is 3.99. The lowest BCUT2D eigenvalue weighted by atomic mass is 10.1. The summed E-state index contributed by atoms with van der Waals surface area (Å²) in [6, 6.07) is 12.4. The summed E-state index contributed by atoms with van der Waals surface area (Å²) in [5.74, 6) is 1.92. The summed E-state index contributed by atoms with van der Waals surface area (Å²) in [7, 11) is 0. The second kappa shape index (κ2) is 4.81. The molecule has 0 bridgehead atoms. The molecule has 0 fully saturated rings. The summed E-state index contributed by atoms with van der Waals surface area (Å²) in [6.07, 6.45) is 3.73. The Morgan fingerprint density at radius 2 is 2.10 bits per heavy atom. The van der Waals surface area contributed by atoms with Crippen LogP contribution < -0.4 is 5.32 Å². The number of nitrogens with one attached hydrogen (secondary N) is 1. The average Bonchev–Trinajstić information content (AvgIpc) is 3.24. The summed E-state index contributed by atoms with van der Waals surface area (Å²) in [4.78, 5) is 0. The van der Waals surface area contributed by atoms with Gasteiger partial charge in [-0.15, -0.1) is 0 Å². The van der Waals surface area contributed by atoms with Crippen molar-refractivity contribution in [3.05, 3.63) is 53.8 Å². The first-order chi connectivity index (χ1) is 10.4. The average molecular weight is 279 g/mol. The molecule has 4 nitrogen and oxygen atoms in total. The van der Waals surface area contributed by atoms with Crippen molar-refractivity contribution in [1.82, 2.24) is 9.78 Å². The molecule has 0 spiro atoms. The predicted molar refractivity (Wildman–Crippen MR) is 82.8 cm³/mol. The van der Waals surface area contributed by atoms with Crippen molar-refractivity contribution in [1.29, 1.82) is 0 Å². The van der Waals surface area contributed by atoms with Crippen LogP contribution in [0.1, 0.15) is 18.1 Å². The van der Waals surface area contributed by atoms with E-state index in [9.17, 15) is 0 Å². The van der Waals surface area contributed by atoms with Crippen molar-refractivity contribution in [2.45, 2.75) is 19.8 Å². The molecule has 3 aromatic rings. The third-order valence-corrected chi connectivity index (χ3v) is 3.99. The monoisotopic (exact) mass is 279 g/mol. The van der Waals surface area contributed by atoms with Crippen LogP contribution in [0.3, 0.4) is 0 Å². The Labute approximate surface area is 123 Å². The van der Waals surface area contributed by atoms with Crippen molar-refractivity contribution >= 4 is 5.82 Å². The van der Waals surface area contributed by atoms with Gasteiger partial charge in [0.1, 0.15) is 11.5 Å². The first kappa shape index (κ1) is 12.3. The van der Waals surface area contributed by atoms with Crippen LogP contribution in [0.4, 0.5) is 5.82 Å². The highest BCUT2D eigenvalue weighted by atomic mass is 16.3. The summed E-state index contributed by atoms with van der Waals surface area (Å²) in [5.41, 5.74) is 4.60. The Morgan fingerprint density at radius 3 is 2.81 bits per heavy atom. The molecule has 0 saturated heterocycles. The number of aryl methyl sites for hydroxylation is 1. The Bertz CT molecular complexity index is 754. The maximum Gasteiger partial charge on any atom is 0.154 e. The van der Waals surface area contributed by atoms with Gasteiger partial charge < -0.3 is 9.73 Å². The lowest BCUT2D eigenvalue weighted by molar-refractivity contribution is 0.578. The Morgan fingerprint density at radius 1 is 1.24 bits per heavy atom. The third kappa shape index (κ3) is 1.95. The fourth-order valence-corrected chi connectivity index (χ4v) is 2.85. The zero-order valence-corrected chi connectivity index (χ0v) is 12.0. The highest BCUT2D eigenvalue weighted by Crippen LogP contribution is 2.34. The standard InChI is InChI=1S/C17H17N3O/c1-2-12-5-7-13(8-6-12)20-17-14(9-10-18-17)16(19-20)15-4-3-11-21-15/h3-8,11,18H,2,9-10H2,1H3. The number of rotatable bonds is 3. The first-order valence-corrected chi connectivity index (χ1v) is 7.36. The number of hydrogen-bond donors (Lipinski definition) is 1. The van der Waals surface area contributed by atoms with Crippen LogP contribution in [0.15, 0.2) is 47.1 Å². The van der Waals surface area contributed by atoms with Gasteiger partial charge in [0.05, 0.1) is 12.0 Å². The topological polar surface area (TPSA) is 43.0 Å². The highest BCUT2D eigenvalue weighted by Gasteiger charge is 2.24. The normalized spacial score (nSPS) is 13.2. The van der Waals surface area contributed by atoms with Crippen LogP contribution >= 0.6 is 0 Å². The Balaban J connectivity index is 1.84. The van der Waals surface area contributed by atoms with E-state index in [1.807, 2.05) is 16.8 Å². The fourth-order valence-electron chi connectivity index (χ4n) is 2.85. The van der Waals surface area contributed by atoms with Crippen molar-refractivity contribution in [2.24, 2.45) is 0 Å². The molecule has 3 heterocycles. The maximum absolute atomic E-state index is 5.53. The Hall–Kier alpha value is -2.49. The van der Waals surface area contributed by atoms with Crippen LogP contribution in [0.2, 0.25) is 0 Å². The number of fused-ring (bicyclic) bond motifs is 1. The SMILES string of the molecule is CCc1ccc(-n2nc(-c3ccco3)c3c2NCC3)cc1. The van der Waals surface area contributed by atoms with Crippen LogP contribution in [-0.4, -0.2) is 16.3 Å². The molecule has 1 aliphatic rings. The molecule has 4 heteroatoms. The second-order valence-electron chi connectivity index (χ2n) is 5.26. The number of nitrogens with zero attached hydrogens (tertiary/aromatic N) is 2. The van der Waals surface area contributed by atoms with E-state index < -0.39 is 0 Å². The molecule has 2 aromatic heterocycles. The fraction of sp³-hybridized carbons (Fsp3) is 0.235. The Kier molecular flexibility index (Phi) is 2.81. The van der Waals surface area contributed by atoms with E-state index in [1.54, 1.807) is 6.26 Å². The van der Waals surface area contributed by atoms with Crippen molar-refractivity contribution in [3.8, 4) is 17.1 Å². The largest absolute Gasteiger partial charge is 0.463 e. The van der Waals surface area contributed by atoms with Gasteiger partial charge in [-0.2, -0.15) is 5.10 Å². The van der Waals surface area contributed by atoms with Gasteiger partial charge in [-0.25, -0.2) is 4.68 Å². The smallest absolute Gasteiger partial charge is 0.154 e. The molecule has 1 aromatic carbocycles. The lowest BCUT2D eigenvalue weighted by Gasteiger charge is -2.07. The molecule has 1 N–H and O–H groups in total. The summed E-state index contributed by atoms with van der Waals surface area (Å²) >= 11 is 0.